The Labute approximate surface area is 127 Å². The van der Waals surface area contributed by atoms with Crippen molar-refractivity contribution in [2.75, 3.05) is 6.54 Å². The molecule has 1 aromatic carbocycles. The van der Waals surface area contributed by atoms with Gasteiger partial charge in [-0.3, -0.25) is 4.98 Å². The van der Waals surface area contributed by atoms with Gasteiger partial charge in [0.1, 0.15) is 5.75 Å². The molecule has 1 N–H and O–H groups in total. The highest BCUT2D eigenvalue weighted by Crippen LogP contribution is 2.24. The van der Waals surface area contributed by atoms with Gasteiger partial charge in [0.15, 0.2) is 0 Å². The second kappa shape index (κ2) is 7.23. The highest BCUT2D eigenvalue weighted by atomic mass is 16.5. The molecule has 2 aromatic rings. The van der Waals surface area contributed by atoms with E-state index in [9.17, 15) is 0 Å². The number of aryl methyl sites for hydroxylation is 1. The minimum atomic E-state index is 0.163. The molecule has 0 aliphatic carbocycles. The van der Waals surface area contributed by atoms with E-state index in [1.54, 1.807) is 0 Å². The minimum Gasteiger partial charge on any atom is -0.491 e. The summed E-state index contributed by atoms with van der Waals surface area (Å²) in [6.07, 6.45) is 4.01. The van der Waals surface area contributed by atoms with Gasteiger partial charge in [0.2, 0.25) is 0 Å². The molecule has 21 heavy (non-hydrogen) atoms. The van der Waals surface area contributed by atoms with E-state index in [-0.39, 0.29) is 12.1 Å². The summed E-state index contributed by atoms with van der Waals surface area (Å²) in [5, 5.41) is 3.52. The monoisotopic (exact) mass is 284 g/mol. The number of pyridine rings is 1. The van der Waals surface area contributed by atoms with Gasteiger partial charge in [-0.15, -0.1) is 0 Å². The summed E-state index contributed by atoms with van der Waals surface area (Å²) < 4.78 is 5.70. The van der Waals surface area contributed by atoms with Gasteiger partial charge in [0, 0.05) is 12.4 Å². The van der Waals surface area contributed by atoms with Gasteiger partial charge in [-0.2, -0.15) is 0 Å². The maximum atomic E-state index is 5.70. The summed E-state index contributed by atoms with van der Waals surface area (Å²) in [5.74, 6) is 0.909. The van der Waals surface area contributed by atoms with Crippen LogP contribution in [0.1, 0.15) is 43.5 Å². The van der Waals surface area contributed by atoms with E-state index in [1.165, 1.54) is 16.7 Å². The van der Waals surface area contributed by atoms with Crippen LogP contribution >= 0.6 is 0 Å². The van der Waals surface area contributed by atoms with Crippen molar-refractivity contribution >= 4 is 0 Å². The second-order valence-corrected chi connectivity index (χ2v) is 5.52. The molecule has 0 saturated heterocycles. The van der Waals surface area contributed by atoms with E-state index >= 15 is 0 Å². The first-order chi connectivity index (χ1) is 10.1. The first kappa shape index (κ1) is 15.5. The summed E-state index contributed by atoms with van der Waals surface area (Å²) in [6.45, 7) is 9.16. The number of hydrogen-bond donors (Lipinski definition) is 1. The molecule has 0 aliphatic rings. The van der Waals surface area contributed by atoms with Crippen LogP contribution in [0.25, 0.3) is 0 Å². The standard InChI is InChI=1S/C18H24N2O/c1-5-20-18(16-10-14(4)11-19-12-16)15-6-8-17(9-7-15)21-13(2)3/h6-13,18,20H,5H2,1-4H3. The van der Waals surface area contributed by atoms with Crippen LogP contribution in [0.15, 0.2) is 42.7 Å². The molecule has 3 heteroatoms. The lowest BCUT2D eigenvalue weighted by Crippen LogP contribution is -2.22. The normalized spacial score (nSPS) is 12.4. The molecule has 0 radical (unpaired) electrons. The summed E-state index contributed by atoms with van der Waals surface area (Å²) >= 11 is 0. The van der Waals surface area contributed by atoms with Crippen molar-refractivity contribution in [1.82, 2.24) is 10.3 Å². The molecule has 0 fully saturated rings. The summed E-state index contributed by atoms with van der Waals surface area (Å²) in [6, 6.07) is 10.6. The Kier molecular flexibility index (Phi) is 5.34. The highest BCUT2D eigenvalue weighted by Gasteiger charge is 2.13. The van der Waals surface area contributed by atoms with Crippen LogP contribution in [0.4, 0.5) is 0 Å². The van der Waals surface area contributed by atoms with Gasteiger partial charge in [0.25, 0.3) is 0 Å². The fourth-order valence-electron chi connectivity index (χ4n) is 2.38. The average Bonchev–Trinajstić information content (AvgIpc) is 2.45. The van der Waals surface area contributed by atoms with Crippen molar-refractivity contribution in [2.45, 2.75) is 39.8 Å². The molecule has 1 atom stereocenters. The van der Waals surface area contributed by atoms with Crippen LogP contribution in [0, 0.1) is 6.92 Å². The molecule has 0 amide bonds. The number of aromatic nitrogens is 1. The van der Waals surface area contributed by atoms with Crippen molar-refractivity contribution in [3.05, 3.63) is 59.4 Å². The highest BCUT2D eigenvalue weighted by molar-refractivity contribution is 5.35. The molecule has 1 aromatic heterocycles. The Hall–Kier alpha value is -1.87. The smallest absolute Gasteiger partial charge is 0.119 e. The van der Waals surface area contributed by atoms with Crippen molar-refractivity contribution < 1.29 is 4.74 Å². The Morgan fingerprint density at radius 1 is 1.10 bits per heavy atom. The van der Waals surface area contributed by atoms with Crippen molar-refractivity contribution in [1.29, 1.82) is 0 Å². The summed E-state index contributed by atoms with van der Waals surface area (Å²) in [5.41, 5.74) is 3.59. The second-order valence-electron chi connectivity index (χ2n) is 5.52. The zero-order valence-electron chi connectivity index (χ0n) is 13.3. The van der Waals surface area contributed by atoms with Crippen LogP contribution < -0.4 is 10.1 Å². The van der Waals surface area contributed by atoms with Crippen LogP contribution in [-0.4, -0.2) is 17.6 Å². The first-order valence-corrected chi connectivity index (χ1v) is 7.51. The Balaban J connectivity index is 2.26. The van der Waals surface area contributed by atoms with Crippen LogP contribution in [0.3, 0.4) is 0 Å². The molecule has 0 aliphatic heterocycles. The number of nitrogens with zero attached hydrogens (tertiary/aromatic N) is 1. The van der Waals surface area contributed by atoms with Gasteiger partial charge in [0.05, 0.1) is 12.1 Å². The van der Waals surface area contributed by atoms with E-state index in [0.717, 1.165) is 12.3 Å². The van der Waals surface area contributed by atoms with E-state index in [2.05, 4.69) is 42.3 Å². The lowest BCUT2D eigenvalue weighted by atomic mass is 9.99. The van der Waals surface area contributed by atoms with Gasteiger partial charge in [-0.05, 0) is 56.1 Å². The first-order valence-electron chi connectivity index (χ1n) is 7.51. The van der Waals surface area contributed by atoms with E-state index in [1.807, 2.05) is 38.4 Å². The number of benzene rings is 1. The topological polar surface area (TPSA) is 34.1 Å². The number of rotatable bonds is 6. The van der Waals surface area contributed by atoms with Crippen molar-refractivity contribution in [3.63, 3.8) is 0 Å². The fraction of sp³-hybridized carbons (Fsp3) is 0.389. The van der Waals surface area contributed by atoms with Gasteiger partial charge in [-0.25, -0.2) is 0 Å². The third-order valence-electron chi connectivity index (χ3n) is 3.22. The molecule has 3 nitrogen and oxygen atoms in total. The van der Waals surface area contributed by atoms with E-state index < -0.39 is 0 Å². The average molecular weight is 284 g/mol. The van der Waals surface area contributed by atoms with E-state index in [0.29, 0.717) is 0 Å². The molecule has 0 bridgehead atoms. The Bertz CT molecular complexity index is 564. The third-order valence-corrected chi connectivity index (χ3v) is 3.22. The molecular weight excluding hydrogens is 260 g/mol. The van der Waals surface area contributed by atoms with Crippen LogP contribution in [-0.2, 0) is 0 Å². The number of ether oxygens (including phenoxy) is 1. The minimum absolute atomic E-state index is 0.163. The molecule has 1 heterocycles. The van der Waals surface area contributed by atoms with Gasteiger partial charge in [-0.1, -0.05) is 25.1 Å². The molecule has 0 saturated carbocycles. The maximum absolute atomic E-state index is 5.70. The molecule has 0 spiro atoms. The largest absolute Gasteiger partial charge is 0.491 e. The number of hydrogen-bond acceptors (Lipinski definition) is 3. The van der Waals surface area contributed by atoms with Gasteiger partial charge < -0.3 is 10.1 Å². The Morgan fingerprint density at radius 2 is 1.81 bits per heavy atom. The van der Waals surface area contributed by atoms with E-state index in [4.69, 9.17) is 4.74 Å². The van der Waals surface area contributed by atoms with Gasteiger partial charge >= 0.3 is 0 Å². The quantitative estimate of drug-likeness (QED) is 0.874. The van der Waals surface area contributed by atoms with Crippen molar-refractivity contribution in [3.8, 4) is 5.75 Å². The summed E-state index contributed by atoms with van der Waals surface area (Å²) in [7, 11) is 0. The summed E-state index contributed by atoms with van der Waals surface area (Å²) in [4.78, 5) is 4.31. The zero-order chi connectivity index (χ0) is 15.2. The van der Waals surface area contributed by atoms with Crippen molar-refractivity contribution in [2.24, 2.45) is 0 Å². The molecule has 112 valence electrons. The lowest BCUT2D eigenvalue weighted by molar-refractivity contribution is 0.242. The number of nitrogens with one attached hydrogen (secondary N) is 1. The predicted molar refractivity (Wildman–Crippen MR) is 86.7 cm³/mol. The predicted octanol–water partition coefficient (Wildman–Crippen LogP) is 3.88. The third kappa shape index (κ3) is 4.30. The molecular formula is C18H24N2O. The molecule has 1 unspecified atom stereocenters. The van der Waals surface area contributed by atoms with Crippen LogP contribution in [0.2, 0.25) is 0 Å². The fourth-order valence-corrected chi connectivity index (χ4v) is 2.38. The molecule has 2 rings (SSSR count). The SMILES string of the molecule is CCNC(c1ccc(OC(C)C)cc1)c1cncc(C)c1. The lowest BCUT2D eigenvalue weighted by Gasteiger charge is -2.19. The Morgan fingerprint density at radius 3 is 2.38 bits per heavy atom. The zero-order valence-corrected chi connectivity index (χ0v) is 13.3. The maximum Gasteiger partial charge on any atom is 0.119 e. The van der Waals surface area contributed by atoms with Crippen LogP contribution in [0.5, 0.6) is 5.75 Å².